The molecule has 31 heavy (non-hydrogen) atoms. The van der Waals surface area contributed by atoms with Gasteiger partial charge < -0.3 is 25.4 Å². The van der Waals surface area contributed by atoms with Crippen molar-refractivity contribution >= 4 is 11.9 Å². The second-order valence-corrected chi connectivity index (χ2v) is 6.98. The lowest BCUT2D eigenvalue weighted by Crippen LogP contribution is -2.36. The van der Waals surface area contributed by atoms with Crippen LogP contribution in [0.1, 0.15) is 40.9 Å². The highest BCUT2D eigenvalue weighted by molar-refractivity contribution is 5.94. The average Bonchev–Trinajstić information content (AvgIpc) is 2.79. The number of guanidine groups is 1. The molecule has 0 saturated carbocycles. The zero-order chi connectivity index (χ0) is 22.5. The van der Waals surface area contributed by atoms with Gasteiger partial charge in [-0.05, 0) is 50.1 Å². The molecule has 0 aliphatic heterocycles. The third-order valence-electron chi connectivity index (χ3n) is 4.54. The van der Waals surface area contributed by atoms with Gasteiger partial charge in [-0.2, -0.15) is 0 Å². The standard InChI is InChI=1S/C24H34N4O3/c1-5-26-24(27-16-19-8-7-9-20(15-19)23(29)25-4)28-17-21-11-10-18(3)14-22(21)31-13-12-30-6-2/h7-11,14-15H,5-6,12-13,16-17H2,1-4H3,(H,25,29)(H2,26,27,28). The first-order valence-electron chi connectivity index (χ1n) is 10.7. The lowest BCUT2D eigenvalue weighted by atomic mass is 10.1. The predicted molar refractivity (Wildman–Crippen MR) is 125 cm³/mol. The van der Waals surface area contributed by atoms with Crippen molar-refractivity contribution in [3.63, 3.8) is 0 Å². The van der Waals surface area contributed by atoms with E-state index in [1.165, 1.54) is 0 Å². The zero-order valence-electron chi connectivity index (χ0n) is 19.0. The Kier molecular flexibility index (Phi) is 10.4. The van der Waals surface area contributed by atoms with Crippen LogP contribution in [0.4, 0.5) is 0 Å². The van der Waals surface area contributed by atoms with Crippen LogP contribution in [0.25, 0.3) is 0 Å². The van der Waals surface area contributed by atoms with E-state index in [0.717, 1.165) is 29.0 Å². The molecule has 7 heteroatoms. The first-order chi connectivity index (χ1) is 15.1. The average molecular weight is 427 g/mol. The summed E-state index contributed by atoms with van der Waals surface area (Å²) in [5.41, 5.74) is 3.79. The van der Waals surface area contributed by atoms with Crippen molar-refractivity contribution in [3.8, 4) is 5.75 Å². The first-order valence-corrected chi connectivity index (χ1v) is 10.7. The van der Waals surface area contributed by atoms with Gasteiger partial charge in [0.15, 0.2) is 5.96 Å². The number of ether oxygens (including phenoxy) is 2. The van der Waals surface area contributed by atoms with E-state index >= 15 is 0 Å². The van der Waals surface area contributed by atoms with Crippen LogP contribution in [0.15, 0.2) is 47.5 Å². The molecule has 3 N–H and O–H groups in total. The van der Waals surface area contributed by atoms with Crippen LogP contribution in [0.5, 0.6) is 5.75 Å². The summed E-state index contributed by atoms with van der Waals surface area (Å²) >= 11 is 0. The first kappa shape index (κ1) is 24.2. The van der Waals surface area contributed by atoms with Crippen LogP contribution in [-0.4, -0.2) is 45.3 Å². The molecule has 0 radical (unpaired) electrons. The van der Waals surface area contributed by atoms with Gasteiger partial charge in [0.25, 0.3) is 5.91 Å². The summed E-state index contributed by atoms with van der Waals surface area (Å²) in [6, 6.07) is 13.7. The van der Waals surface area contributed by atoms with Gasteiger partial charge >= 0.3 is 0 Å². The van der Waals surface area contributed by atoms with Crippen LogP contribution in [0.2, 0.25) is 0 Å². The molecule has 0 heterocycles. The lowest BCUT2D eigenvalue weighted by Gasteiger charge is -2.15. The molecule has 0 saturated heterocycles. The fraction of sp³-hybridized carbons (Fsp3) is 0.417. The maximum atomic E-state index is 11.8. The summed E-state index contributed by atoms with van der Waals surface area (Å²) in [5.74, 6) is 1.45. The Morgan fingerprint density at radius 2 is 1.90 bits per heavy atom. The number of amides is 1. The number of hydrogen-bond acceptors (Lipinski definition) is 4. The van der Waals surface area contributed by atoms with E-state index in [4.69, 9.17) is 9.47 Å². The molecule has 2 aromatic rings. The summed E-state index contributed by atoms with van der Waals surface area (Å²) in [5, 5.41) is 9.27. The molecule has 0 unspecified atom stereocenters. The van der Waals surface area contributed by atoms with Gasteiger partial charge in [-0.1, -0.05) is 24.3 Å². The van der Waals surface area contributed by atoms with Gasteiger partial charge in [0, 0.05) is 37.9 Å². The summed E-state index contributed by atoms with van der Waals surface area (Å²) < 4.78 is 11.3. The summed E-state index contributed by atoms with van der Waals surface area (Å²) in [4.78, 5) is 16.5. The Bertz CT molecular complexity index is 868. The van der Waals surface area contributed by atoms with Gasteiger partial charge in [-0.3, -0.25) is 4.79 Å². The summed E-state index contributed by atoms with van der Waals surface area (Å²) in [6.45, 7) is 9.59. The number of aryl methyl sites for hydroxylation is 1. The topological polar surface area (TPSA) is 84.0 Å². The van der Waals surface area contributed by atoms with Crippen molar-refractivity contribution < 1.29 is 14.3 Å². The van der Waals surface area contributed by atoms with E-state index in [2.05, 4.69) is 33.1 Å². The second kappa shape index (κ2) is 13.3. The molecule has 0 fully saturated rings. The van der Waals surface area contributed by atoms with E-state index in [1.807, 2.05) is 45.0 Å². The normalized spacial score (nSPS) is 11.2. The molecule has 2 rings (SSSR count). The van der Waals surface area contributed by atoms with E-state index in [9.17, 15) is 4.79 Å². The minimum Gasteiger partial charge on any atom is -0.491 e. The number of hydrogen-bond donors (Lipinski definition) is 3. The van der Waals surface area contributed by atoms with E-state index in [1.54, 1.807) is 13.1 Å². The summed E-state index contributed by atoms with van der Waals surface area (Å²) in [6.07, 6.45) is 0. The fourth-order valence-corrected chi connectivity index (χ4v) is 2.94. The highest BCUT2D eigenvalue weighted by Crippen LogP contribution is 2.20. The van der Waals surface area contributed by atoms with Crippen molar-refractivity contribution in [3.05, 3.63) is 64.7 Å². The molecule has 7 nitrogen and oxygen atoms in total. The molecule has 168 valence electrons. The Balaban J connectivity index is 2.04. The van der Waals surface area contributed by atoms with E-state index in [0.29, 0.717) is 44.4 Å². The number of benzene rings is 2. The highest BCUT2D eigenvalue weighted by atomic mass is 16.5. The SMILES string of the molecule is CCNC(=NCc1cccc(C(=O)NC)c1)NCc1ccc(C)cc1OCCOCC. The monoisotopic (exact) mass is 426 g/mol. The Hall–Kier alpha value is -3.06. The van der Waals surface area contributed by atoms with Crippen molar-refractivity contribution in [2.75, 3.05) is 33.4 Å². The number of carbonyl (C=O) groups excluding carboxylic acids is 1. The van der Waals surface area contributed by atoms with Crippen molar-refractivity contribution in [1.82, 2.24) is 16.0 Å². The van der Waals surface area contributed by atoms with Crippen LogP contribution in [0, 0.1) is 6.92 Å². The zero-order valence-corrected chi connectivity index (χ0v) is 19.0. The molecule has 0 aliphatic rings. The predicted octanol–water partition coefficient (Wildman–Crippen LogP) is 3.03. The highest BCUT2D eigenvalue weighted by Gasteiger charge is 2.07. The van der Waals surface area contributed by atoms with Crippen molar-refractivity contribution in [2.24, 2.45) is 4.99 Å². The second-order valence-electron chi connectivity index (χ2n) is 6.98. The molecule has 0 atom stereocenters. The molecule has 0 bridgehead atoms. The number of nitrogens with zero attached hydrogens (tertiary/aromatic N) is 1. The van der Waals surface area contributed by atoms with Crippen LogP contribution in [0.3, 0.4) is 0 Å². The number of aliphatic imine (C=N–C) groups is 1. The molecule has 0 spiro atoms. The maximum Gasteiger partial charge on any atom is 0.251 e. The number of nitrogens with one attached hydrogen (secondary N) is 3. The third kappa shape index (κ3) is 8.30. The lowest BCUT2D eigenvalue weighted by molar-refractivity contribution is 0.0963. The van der Waals surface area contributed by atoms with Gasteiger partial charge in [-0.25, -0.2) is 4.99 Å². The molecular weight excluding hydrogens is 392 g/mol. The molecule has 1 amide bonds. The van der Waals surface area contributed by atoms with Gasteiger partial charge in [0.05, 0.1) is 13.2 Å². The van der Waals surface area contributed by atoms with Crippen LogP contribution < -0.4 is 20.7 Å². The third-order valence-corrected chi connectivity index (χ3v) is 4.54. The molecule has 2 aromatic carbocycles. The minimum absolute atomic E-state index is 0.105. The Morgan fingerprint density at radius 3 is 2.65 bits per heavy atom. The van der Waals surface area contributed by atoms with Crippen molar-refractivity contribution in [2.45, 2.75) is 33.9 Å². The summed E-state index contributed by atoms with van der Waals surface area (Å²) in [7, 11) is 1.63. The Morgan fingerprint density at radius 1 is 1.06 bits per heavy atom. The van der Waals surface area contributed by atoms with Gasteiger partial charge in [-0.15, -0.1) is 0 Å². The molecular formula is C24H34N4O3. The van der Waals surface area contributed by atoms with Crippen LogP contribution in [-0.2, 0) is 17.8 Å². The fourth-order valence-electron chi connectivity index (χ4n) is 2.94. The van der Waals surface area contributed by atoms with Crippen molar-refractivity contribution in [1.29, 1.82) is 0 Å². The molecule has 0 aromatic heterocycles. The van der Waals surface area contributed by atoms with Gasteiger partial charge in [0.2, 0.25) is 0 Å². The number of carbonyl (C=O) groups is 1. The smallest absolute Gasteiger partial charge is 0.251 e. The molecule has 0 aliphatic carbocycles. The van der Waals surface area contributed by atoms with E-state index in [-0.39, 0.29) is 5.91 Å². The Labute approximate surface area is 185 Å². The maximum absolute atomic E-state index is 11.8. The largest absolute Gasteiger partial charge is 0.491 e. The van der Waals surface area contributed by atoms with Crippen LogP contribution >= 0.6 is 0 Å². The van der Waals surface area contributed by atoms with Gasteiger partial charge in [0.1, 0.15) is 12.4 Å². The number of rotatable bonds is 11. The minimum atomic E-state index is -0.105. The quantitative estimate of drug-likeness (QED) is 0.292. The van der Waals surface area contributed by atoms with E-state index < -0.39 is 0 Å².